The highest BCUT2D eigenvalue weighted by molar-refractivity contribution is 7.80. The Balaban J connectivity index is 1.77. The number of thiol groups is 1. The van der Waals surface area contributed by atoms with Crippen molar-refractivity contribution in [2.45, 2.75) is 20.0 Å². The van der Waals surface area contributed by atoms with Gasteiger partial charge >= 0.3 is 0 Å². The first-order valence-corrected chi connectivity index (χ1v) is 7.57. The second-order valence-electron chi connectivity index (χ2n) is 4.98. The Morgan fingerprint density at radius 1 is 1.19 bits per heavy atom. The van der Waals surface area contributed by atoms with E-state index in [2.05, 4.69) is 36.8 Å². The third-order valence-corrected chi connectivity index (χ3v) is 3.75. The monoisotopic (exact) mass is 299 g/mol. The van der Waals surface area contributed by atoms with Crippen molar-refractivity contribution in [3.8, 4) is 5.75 Å². The lowest BCUT2D eigenvalue weighted by Gasteiger charge is -2.08. The molecule has 0 aliphatic carbocycles. The Bertz CT molecular complexity index is 751. The topological polar surface area (TPSA) is 35.3 Å². The summed E-state index contributed by atoms with van der Waals surface area (Å²) in [5.74, 6) is 1.55. The molecule has 0 bridgehead atoms. The zero-order valence-corrected chi connectivity index (χ0v) is 12.8. The summed E-state index contributed by atoms with van der Waals surface area (Å²) in [4.78, 5) is 0. The third-order valence-electron chi connectivity index (χ3n) is 3.52. The Morgan fingerprint density at radius 3 is 2.86 bits per heavy atom. The fraction of sp³-hybridized carbons (Fsp3) is 0.235. The van der Waals surface area contributed by atoms with Crippen molar-refractivity contribution in [3.05, 3.63) is 59.3 Å². The number of benzene rings is 2. The van der Waals surface area contributed by atoms with E-state index >= 15 is 0 Å². The van der Waals surface area contributed by atoms with Crippen molar-refractivity contribution in [3.63, 3.8) is 0 Å². The molecule has 0 spiro atoms. The fourth-order valence-corrected chi connectivity index (χ4v) is 2.49. The smallest absolute Gasteiger partial charge is 0.170 e. The zero-order valence-electron chi connectivity index (χ0n) is 11.9. The number of rotatable bonds is 5. The summed E-state index contributed by atoms with van der Waals surface area (Å²) >= 11 is 4.23. The van der Waals surface area contributed by atoms with Gasteiger partial charge in [-0.1, -0.05) is 29.4 Å². The molecule has 3 rings (SSSR count). The van der Waals surface area contributed by atoms with Crippen LogP contribution in [0.1, 0.15) is 16.8 Å². The maximum Gasteiger partial charge on any atom is 0.170 e. The molecule has 0 aliphatic rings. The van der Waals surface area contributed by atoms with E-state index in [-0.39, 0.29) is 0 Å². The predicted molar refractivity (Wildman–Crippen MR) is 87.1 cm³/mol. The van der Waals surface area contributed by atoms with Crippen LogP contribution >= 0.6 is 12.6 Å². The summed E-state index contributed by atoms with van der Waals surface area (Å²) < 4.78 is 11.2. The van der Waals surface area contributed by atoms with E-state index in [0.29, 0.717) is 6.61 Å². The molecule has 3 aromatic rings. The minimum Gasteiger partial charge on any atom is -0.489 e. The summed E-state index contributed by atoms with van der Waals surface area (Å²) in [6.45, 7) is 2.64. The molecular formula is C17H17NO2S. The van der Waals surface area contributed by atoms with Crippen LogP contribution in [0.5, 0.6) is 5.75 Å². The normalized spacial score (nSPS) is 11.0. The summed E-state index contributed by atoms with van der Waals surface area (Å²) in [6, 6.07) is 14.1. The largest absolute Gasteiger partial charge is 0.489 e. The van der Waals surface area contributed by atoms with Gasteiger partial charge in [-0.2, -0.15) is 12.6 Å². The van der Waals surface area contributed by atoms with Gasteiger partial charge in [0.1, 0.15) is 12.4 Å². The SMILES string of the molecule is Cc1ccccc1COc1ccc2c(CCS)noc2c1. The second-order valence-corrected chi connectivity index (χ2v) is 5.42. The lowest BCUT2D eigenvalue weighted by Crippen LogP contribution is -1.97. The molecule has 21 heavy (non-hydrogen) atoms. The first-order valence-electron chi connectivity index (χ1n) is 6.94. The van der Waals surface area contributed by atoms with Gasteiger partial charge in [0, 0.05) is 17.9 Å². The van der Waals surface area contributed by atoms with Gasteiger partial charge in [0.05, 0.1) is 5.69 Å². The van der Waals surface area contributed by atoms with E-state index < -0.39 is 0 Å². The third kappa shape index (κ3) is 3.05. The van der Waals surface area contributed by atoms with Crippen LogP contribution < -0.4 is 4.74 Å². The summed E-state index contributed by atoms with van der Waals surface area (Å²) in [7, 11) is 0. The summed E-state index contributed by atoms with van der Waals surface area (Å²) in [5.41, 5.74) is 4.12. The standard InChI is InChI=1S/C17H17NO2S/c1-12-4-2-3-5-13(12)11-19-14-6-7-15-16(8-9-21)18-20-17(15)10-14/h2-7,10,21H,8-9,11H2,1H3. The van der Waals surface area contributed by atoms with Gasteiger partial charge < -0.3 is 9.26 Å². The molecule has 0 radical (unpaired) electrons. The second kappa shape index (κ2) is 6.22. The molecule has 0 saturated heterocycles. The molecule has 0 aliphatic heterocycles. The van der Waals surface area contributed by atoms with E-state index in [1.165, 1.54) is 11.1 Å². The van der Waals surface area contributed by atoms with E-state index in [1.54, 1.807) is 0 Å². The number of aryl methyl sites for hydroxylation is 2. The van der Waals surface area contributed by atoms with Gasteiger partial charge in [0.15, 0.2) is 5.58 Å². The van der Waals surface area contributed by atoms with Crippen LogP contribution in [-0.4, -0.2) is 10.9 Å². The van der Waals surface area contributed by atoms with Crippen molar-refractivity contribution < 1.29 is 9.26 Å². The highest BCUT2D eigenvalue weighted by atomic mass is 32.1. The Kier molecular flexibility index (Phi) is 4.15. The Hall–Kier alpha value is -1.94. The predicted octanol–water partition coefficient (Wildman–Crippen LogP) is 4.19. The molecule has 4 heteroatoms. The molecule has 3 nitrogen and oxygen atoms in total. The van der Waals surface area contributed by atoms with Crippen molar-refractivity contribution >= 4 is 23.6 Å². The first kappa shape index (κ1) is 14.0. The highest BCUT2D eigenvalue weighted by Crippen LogP contribution is 2.25. The van der Waals surface area contributed by atoms with Crippen LogP contribution in [0.4, 0.5) is 0 Å². The first-order chi connectivity index (χ1) is 10.3. The molecule has 0 N–H and O–H groups in total. The quantitative estimate of drug-likeness (QED) is 0.718. The fourth-order valence-electron chi connectivity index (χ4n) is 2.28. The van der Waals surface area contributed by atoms with E-state index in [9.17, 15) is 0 Å². The number of ether oxygens (including phenoxy) is 1. The molecule has 2 aromatic carbocycles. The van der Waals surface area contributed by atoms with E-state index in [1.807, 2.05) is 30.3 Å². The van der Waals surface area contributed by atoms with Gasteiger partial charge in [0.2, 0.25) is 0 Å². The van der Waals surface area contributed by atoms with E-state index in [4.69, 9.17) is 9.26 Å². The van der Waals surface area contributed by atoms with Crippen LogP contribution in [0.25, 0.3) is 11.0 Å². The van der Waals surface area contributed by atoms with Crippen LogP contribution in [0.3, 0.4) is 0 Å². The lowest BCUT2D eigenvalue weighted by molar-refractivity contribution is 0.305. The van der Waals surface area contributed by atoms with Crippen molar-refractivity contribution in [2.24, 2.45) is 0 Å². The maximum absolute atomic E-state index is 5.85. The Labute approximate surface area is 129 Å². The lowest BCUT2D eigenvalue weighted by atomic mass is 10.1. The minimum atomic E-state index is 0.551. The molecule has 0 atom stereocenters. The molecule has 0 saturated carbocycles. The number of nitrogens with zero attached hydrogens (tertiary/aromatic N) is 1. The average Bonchev–Trinajstić information content (AvgIpc) is 2.89. The summed E-state index contributed by atoms with van der Waals surface area (Å²) in [5, 5.41) is 5.11. The van der Waals surface area contributed by atoms with Gasteiger partial charge in [-0.25, -0.2) is 0 Å². The van der Waals surface area contributed by atoms with Gasteiger partial charge in [-0.15, -0.1) is 0 Å². The van der Waals surface area contributed by atoms with Crippen LogP contribution in [0.15, 0.2) is 47.0 Å². The molecule has 0 fully saturated rings. The van der Waals surface area contributed by atoms with Gasteiger partial charge in [-0.05, 0) is 35.9 Å². The molecule has 0 amide bonds. The number of hydrogen-bond donors (Lipinski definition) is 1. The molecule has 1 heterocycles. The van der Waals surface area contributed by atoms with Crippen molar-refractivity contribution in [1.82, 2.24) is 5.16 Å². The highest BCUT2D eigenvalue weighted by Gasteiger charge is 2.08. The molecule has 0 unspecified atom stereocenters. The number of aromatic nitrogens is 1. The minimum absolute atomic E-state index is 0.551. The number of fused-ring (bicyclic) bond motifs is 1. The van der Waals surface area contributed by atoms with E-state index in [0.717, 1.165) is 34.6 Å². The van der Waals surface area contributed by atoms with Crippen LogP contribution in [0.2, 0.25) is 0 Å². The Morgan fingerprint density at radius 2 is 2.05 bits per heavy atom. The van der Waals surface area contributed by atoms with Crippen LogP contribution in [-0.2, 0) is 13.0 Å². The van der Waals surface area contributed by atoms with Gasteiger partial charge in [-0.3, -0.25) is 0 Å². The van der Waals surface area contributed by atoms with Gasteiger partial charge in [0.25, 0.3) is 0 Å². The number of hydrogen-bond acceptors (Lipinski definition) is 4. The zero-order chi connectivity index (χ0) is 14.7. The molecule has 108 valence electrons. The summed E-state index contributed by atoms with van der Waals surface area (Å²) in [6.07, 6.45) is 0.805. The molecule has 1 aromatic heterocycles. The maximum atomic E-state index is 5.85. The van der Waals surface area contributed by atoms with Crippen LogP contribution in [0, 0.1) is 6.92 Å². The average molecular weight is 299 g/mol. The van der Waals surface area contributed by atoms with Crippen molar-refractivity contribution in [1.29, 1.82) is 0 Å². The molecular weight excluding hydrogens is 282 g/mol. The van der Waals surface area contributed by atoms with Crippen molar-refractivity contribution in [2.75, 3.05) is 5.75 Å².